The third-order valence-electron chi connectivity index (χ3n) is 3.13. The molecule has 0 aliphatic heterocycles. The summed E-state index contributed by atoms with van der Waals surface area (Å²) < 4.78 is 0.903. The van der Waals surface area contributed by atoms with Crippen molar-refractivity contribution in [3.63, 3.8) is 0 Å². The third kappa shape index (κ3) is 1.99. The van der Waals surface area contributed by atoms with Crippen LogP contribution >= 0.6 is 27.5 Å². The van der Waals surface area contributed by atoms with E-state index in [9.17, 15) is 4.79 Å². The second-order valence-corrected chi connectivity index (χ2v) is 5.64. The number of benzene rings is 1. The molecule has 0 atom stereocenters. The topological polar surface area (TPSA) is 45.8 Å². The van der Waals surface area contributed by atoms with E-state index in [1.807, 2.05) is 12.1 Å². The van der Waals surface area contributed by atoms with Crippen LogP contribution in [-0.2, 0) is 12.8 Å². The highest BCUT2D eigenvalue weighted by Gasteiger charge is 2.18. The van der Waals surface area contributed by atoms with E-state index in [0.29, 0.717) is 10.8 Å². The molecule has 0 radical (unpaired) electrons. The average Bonchev–Trinajstić information content (AvgIpc) is 2.77. The van der Waals surface area contributed by atoms with Crippen molar-refractivity contribution in [2.24, 2.45) is 0 Å². The molecule has 0 bridgehead atoms. The number of aromatic amines is 1. The number of nitrogens with one attached hydrogen (secondary N) is 1. The lowest BCUT2D eigenvalue weighted by atomic mass is 10.2. The van der Waals surface area contributed by atoms with Gasteiger partial charge in [0.2, 0.25) is 0 Å². The molecule has 2 aromatic rings. The molecule has 5 heteroatoms. The third-order valence-corrected chi connectivity index (χ3v) is 3.93. The molecule has 0 unspecified atom stereocenters. The van der Waals surface area contributed by atoms with E-state index >= 15 is 0 Å². The normalized spacial score (nSPS) is 13.7. The highest BCUT2D eigenvalue weighted by Crippen LogP contribution is 2.28. The van der Waals surface area contributed by atoms with Crippen LogP contribution in [-0.4, -0.2) is 9.97 Å². The predicted octanol–water partition coefficient (Wildman–Crippen LogP) is 3.34. The van der Waals surface area contributed by atoms with E-state index in [0.717, 1.165) is 40.6 Å². The number of H-pyrrole nitrogens is 1. The molecule has 1 aliphatic rings. The van der Waals surface area contributed by atoms with Crippen molar-refractivity contribution in [2.45, 2.75) is 19.3 Å². The molecule has 1 heterocycles. The maximum atomic E-state index is 11.9. The summed E-state index contributed by atoms with van der Waals surface area (Å²) in [5.41, 5.74) is 2.46. The first-order chi connectivity index (χ1) is 8.65. The van der Waals surface area contributed by atoms with Crippen LogP contribution in [0.3, 0.4) is 0 Å². The maximum absolute atomic E-state index is 11.9. The molecule has 1 aromatic carbocycles. The average molecular weight is 326 g/mol. The van der Waals surface area contributed by atoms with Gasteiger partial charge >= 0.3 is 0 Å². The molecule has 3 rings (SSSR count). The van der Waals surface area contributed by atoms with Crippen molar-refractivity contribution in [3.8, 4) is 11.4 Å². The quantitative estimate of drug-likeness (QED) is 0.874. The van der Waals surface area contributed by atoms with Gasteiger partial charge in [0.15, 0.2) is 0 Å². The van der Waals surface area contributed by atoms with Crippen LogP contribution in [0.15, 0.2) is 27.5 Å². The van der Waals surface area contributed by atoms with E-state index in [4.69, 9.17) is 11.6 Å². The number of aryl methyl sites for hydroxylation is 1. The summed E-state index contributed by atoms with van der Waals surface area (Å²) in [6.45, 7) is 0. The second kappa shape index (κ2) is 4.52. The lowest BCUT2D eigenvalue weighted by molar-refractivity contribution is 0.899. The summed E-state index contributed by atoms with van der Waals surface area (Å²) in [5, 5.41) is 0.575. The first kappa shape index (κ1) is 11.9. The van der Waals surface area contributed by atoms with Gasteiger partial charge in [-0.15, -0.1) is 0 Å². The highest BCUT2D eigenvalue weighted by molar-refractivity contribution is 9.10. The standard InChI is InChI=1S/C13H10BrClN2O/c14-7-4-5-8(10(15)6-7)12-16-11-3-1-2-9(11)13(18)17-12/h4-6H,1-3H2,(H,16,17,18). The SMILES string of the molecule is O=c1[nH]c(-c2ccc(Br)cc2Cl)nc2c1CCC2. The molecule has 92 valence electrons. The Morgan fingerprint density at radius 3 is 2.94 bits per heavy atom. The number of hydrogen-bond acceptors (Lipinski definition) is 2. The first-order valence-corrected chi connectivity index (χ1v) is 6.90. The Hall–Kier alpha value is -1.13. The van der Waals surface area contributed by atoms with Gasteiger partial charge in [-0.3, -0.25) is 4.79 Å². The van der Waals surface area contributed by atoms with Gasteiger partial charge in [0, 0.05) is 15.6 Å². The van der Waals surface area contributed by atoms with Gasteiger partial charge in [-0.2, -0.15) is 0 Å². The zero-order chi connectivity index (χ0) is 12.7. The van der Waals surface area contributed by atoms with Crippen LogP contribution in [0.5, 0.6) is 0 Å². The number of hydrogen-bond donors (Lipinski definition) is 1. The van der Waals surface area contributed by atoms with E-state index in [2.05, 4.69) is 25.9 Å². The largest absolute Gasteiger partial charge is 0.306 e. The summed E-state index contributed by atoms with van der Waals surface area (Å²) in [5.74, 6) is 0.554. The van der Waals surface area contributed by atoms with Crippen LogP contribution in [0, 0.1) is 0 Å². The summed E-state index contributed by atoms with van der Waals surface area (Å²) in [6.07, 6.45) is 2.70. The van der Waals surface area contributed by atoms with Crippen molar-refractivity contribution in [1.29, 1.82) is 0 Å². The van der Waals surface area contributed by atoms with E-state index < -0.39 is 0 Å². The van der Waals surface area contributed by atoms with Crippen LogP contribution < -0.4 is 5.56 Å². The van der Waals surface area contributed by atoms with Crippen LogP contribution in [0.1, 0.15) is 17.7 Å². The van der Waals surface area contributed by atoms with Gasteiger partial charge in [0.05, 0.1) is 10.7 Å². The number of rotatable bonds is 1. The molecule has 1 aromatic heterocycles. The van der Waals surface area contributed by atoms with Gasteiger partial charge in [-0.05, 0) is 37.5 Å². The predicted molar refractivity (Wildman–Crippen MR) is 75.0 cm³/mol. The van der Waals surface area contributed by atoms with Gasteiger partial charge in [-0.1, -0.05) is 27.5 Å². The molecule has 0 saturated heterocycles. The molecular weight excluding hydrogens is 316 g/mol. The number of halogens is 2. The second-order valence-electron chi connectivity index (χ2n) is 4.32. The lowest BCUT2D eigenvalue weighted by Gasteiger charge is -2.06. The Morgan fingerprint density at radius 1 is 1.33 bits per heavy atom. The summed E-state index contributed by atoms with van der Waals surface area (Å²) in [7, 11) is 0. The maximum Gasteiger partial charge on any atom is 0.254 e. The molecule has 0 fully saturated rings. The molecule has 1 aliphatic carbocycles. The Labute approximate surface area is 117 Å². The van der Waals surface area contributed by atoms with Gasteiger partial charge in [0.25, 0.3) is 5.56 Å². The number of aromatic nitrogens is 2. The minimum atomic E-state index is -0.0357. The van der Waals surface area contributed by atoms with E-state index in [1.165, 1.54) is 0 Å². The molecule has 0 saturated carbocycles. The van der Waals surface area contributed by atoms with Crippen molar-refractivity contribution < 1.29 is 0 Å². The van der Waals surface area contributed by atoms with Crippen molar-refractivity contribution in [1.82, 2.24) is 9.97 Å². The fourth-order valence-corrected chi connectivity index (χ4v) is 3.01. The molecule has 18 heavy (non-hydrogen) atoms. The zero-order valence-corrected chi connectivity index (χ0v) is 11.8. The summed E-state index contributed by atoms with van der Waals surface area (Å²) in [4.78, 5) is 19.3. The van der Waals surface area contributed by atoms with Crippen LogP contribution in [0.4, 0.5) is 0 Å². The van der Waals surface area contributed by atoms with Crippen LogP contribution in [0.25, 0.3) is 11.4 Å². The Kier molecular flexibility index (Phi) is 2.99. The zero-order valence-electron chi connectivity index (χ0n) is 9.46. The molecule has 1 N–H and O–H groups in total. The van der Waals surface area contributed by atoms with E-state index in [-0.39, 0.29) is 5.56 Å². The van der Waals surface area contributed by atoms with Gasteiger partial charge in [0.1, 0.15) is 5.82 Å². The van der Waals surface area contributed by atoms with Gasteiger partial charge < -0.3 is 4.98 Å². The summed E-state index contributed by atoms with van der Waals surface area (Å²) >= 11 is 9.53. The summed E-state index contributed by atoms with van der Waals surface area (Å²) in [6, 6.07) is 5.53. The lowest BCUT2D eigenvalue weighted by Crippen LogP contribution is -2.15. The number of nitrogens with zero attached hydrogens (tertiary/aromatic N) is 1. The molecule has 0 spiro atoms. The first-order valence-electron chi connectivity index (χ1n) is 5.72. The fourth-order valence-electron chi connectivity index (χ4n) is 2.25. The van der Waals surface area contributed by atoms with Crippen LogP contribution in [0.2, 0.25) is 5.02 Å². The molecule has 0 amide bonds. The van der Waals surface area contributed by atoms with Crippen molar-refractivity contribution >= 4 is 27.5 Å². The minimum absolute atomic E-state index is 0.0357. The highest BCUT2D eigenvalue weighted by atomic mass is 79.9. The van der Waals surface area contributed by atoms with Crippen molar-refractivity contribution in [2.75, 3.05) is 0 Å². The Bertz CT molecular complexity index is 681. The Balaban J connectivity index is 2.18. The molecule has 3 nitrogen and oxygen atoms in total. The minimum Gasteiger partial charge on any atom is -0.306 e. The van der Waals surface area contributed by atoms with E-state index in [1.54, 1.807) is 6.07 Å². The smallest absolute Gasteiger partial charge is 0.254 e. The monoisotopic (exact) mass is 324 g/mol. The fraction of sp³-hybridized carbons (Fsp3) is 0.231. The Morgan fingerprint density at radius 2 is 2.17 bits per heavy atom. The molecular formula is C13H10BrClN2O. The van der Waals surface area contributed by atoms with Gasteiger partial charge in [-0.25, -0.2) is 4.98 Å². The number of fused-ring (bicyclic) bond motifs is 1. The van der Waals surface area contributed by atoms with Crippen molar-refractivity contribution in [3.05, 3.63) is 49.3 Å².